The Bertz CT molecular complexity index is 823. The lowest BCUT2D eigenvalue weighted by atomic mass is 10.1. The van der Waals surface area contributed by atoms with E-state index in [0.29, 0.717) is 40.7 Å². The van der Waals surface area contributed by atoms with Crippen LogP contribution >= 0.6 is 11.6 Å². The van der Waals surface area contributed by atoms with Gasteiger partial charge in [0.05, 0.1) is 14.2 Å². The molecule has 1 heterocycles. The average Bonchev–Trinajstić information content (AvgIpc) is 3.04. The van der Waals surface area contributed by atoms with Crippen LogP contribution in [0.3, 0.4) is 0 Å². The van der Waals surface area contributed by atoms with Gasteiger partial charge in [0.1, 0.15) is 6.04 Å². The van der Waals surface area contributed by atoms with Gasteiger partial charge < -0.3 is 14.8 Å². The molecule has 3 rings (SSSR count). The van der Waals surface area contributed by atoms with E-state index >= 15 is 0 Å². The van der Waals surface area contributed by atoms with E-state index in [4.69, 9.17) is 21.1 Å². The summed E-state index contributed by atoms with van der Waals surface area (Å²) < 4.78 is 10.4. The third-order valence-corrected chi connectivity index (χ3v) is 4.52. The van der Waals surface area contributed by atoms with Gasteiger partial charge in [0, 0.05) is 28.9 Å². The first kappa shape index (κ1) is 18.1. The Hall–Kier alpha value is -2.73. The summed E-state index contributed by atoms with van der Waals surface area (Å²) in [6, 6.07) is 11.4. The minimum Gasteiger partial charge on any atom is -0.493 e. The van der Waals surface area contributed by atoms with E-state index in [1.54, 1.807) is 49.6 Å². The van der Waals surface area contributed by atoms with E-state index < -0.39 is 6.04 Å². The molecule has 6 nitrogen and oxygen atoms in total. The summed E-state index contributed by atoms with van der Waals surface area (Å²) in [4.78, 5) is 26.6. The van der Waals surface area contributed by atoms with E-state index in [1.807, 2.05) is 0 Å². The lowest BCUT2D eigenvalue weighted by Gasteiger charge is -2.24. The van der Waals surface area contributed by atoms with Crippen molar-refractivity contribution in [2.45, 2.75) is 18.9 Å². The highest BCUT2D eigenvalue weighted by Crippen LogP contribution is 2.31. The predicted molar refractivity (Wildman–Crippen MR) is 100 cm³/mol. The van der Waals surface area contributed by atoms with Crippen molar-refractivity contribution in [1.82, 2.24) is 0 Å². The number of anilines is 2. The third kappa shape index (κ3) is 3.60. The second-order valence-electron chi connectivity index (χ2n) is 5.85. The normalized spacial score (nSPS) is 16.5. The summed E-state index contributed by atoms with van der Waals surface area (Å²) >= 11 is 5.91. The Morgan fingerprint density at radius 1 is 1.12 bits per heavy atom. The quantitative estimate of drug-likeness (QED) is 0.869. The van der Waals surface area contributed by atoms with E-state index in [1.165, 1.54) is 12.0 Å². The van der Waals surface area contributed by atoms with Crippen LogP contribution in [0.25, 0.3) is 0 Å². The first-order valence-electron chi connectivity index (χ1n) is 8.14. The van der Waals surface area contributed by atoms with Gasteiger partial charge >= 0.3 is 0 Å². The highest BCUT2D eigenvalue weighted by molar-refractivity contribution is 6.30. The van der Waals surface area contributed by atoms with Gasteiger partial charge in [-0.3, -0.25) is 14.5 Å². The van der Waals surface area contributed by atoms with Crippen LogP contribution in [0.15, 0.2) is 42.5 Å². The number of ether oxygens (including phenoxy) is 2. The molecule has 0 saturated carbocycles. The first-order valence-corrected chi connectivity index (χ1v) is 8.52. The van der Waals surface area contributed by atoms with Crippen LogP contribution in [0.2, 0.25) is 5.02 Å². The third-order valence-electron chi connectivity index (χ3n) is 4.27. The highest BCUT2D eigenvalue weighted by atomic mass is 35.5. The van der Waals surface area contributed by atoms with Gasteiger partial charge in [0.25, 0.3) is 0 Å². The molecule has 0 radical (unpaired) electrons. The fourth-order valence-corrected chi connectivity index (χ4v) is 3.12. The van der Waals surface area contributed by atoms with Crippen molar-refractivity contribution >= 4 is 34.8 Å². The van der Waals surface area contributed by atoms with Crippen LogP contribution in [0.5, 0.6) is 11.5 Å². The standard InChI is InChI=1S/C19H19ClN2O4/c1-25-16-9-5-13(11-17(16)26-2)21-19(24)15-8-10-18(23)22(15)14-6-3-12(20)4-7-14/h3-7,9,11,15H,8,10H2,1-2H3,(H,21,24). The molecule has 0 bridgehead atoms. The van der Waals surface area contributed by atoms with Crippen LogP contribution in [0.4, 0.5) is 11.4 Å². The Balaban J connectivity index is 1.80. The molecule has 2 aromatic rings. The zero-order chi connectivity index (χ0) is 18.7. The number of nitrogens with zero attached hydrogens (tertiary/aromatic N) is 1. The van der Waals surface area contributed by atoms with Gasteiger partial charge in [0.2, 0.25) is 11.8 Å². The first-order chi connectivity index (χ1) is 12.5. The van der Waals surface area contributed by atoms with Crippen LogP contribution in [0, 0.1) is 0 Å². The molecule has 1 aliphatic heterocycles. The Morgan fingerprint density at radius 3 is 2.46 bits per heavy atom. The highest BCUT2D eigenvalue weighted by Gasteiger charge is 2.37. The van der Waals surface area contributed by atoms with E-state index in [0.717, 1.165) is 0 Å². The van der Waals surface area contributed by atoms with Crippen LogP contribution < -0.4 is 19.7 Å². The minimum absolute atomic E-state index is 0.0835. The Kier molecular flexibility index (Phi) is 5.32. The zero-order valence-electron chi connectivity index (χ0n) is 14.5. The van der Waals surface area contributed by atoms with Crippen molar-refractivity contribution in [1.29, 1.82) is 0 Å². The summed E-state index contributed by atoms with van der Waals surface area (Å²) in [5.41, 5.74) is 1.23. The molecule has 2 aromatic carbocycles. The number of hydrogen-bond acceptors (Lipinski definition) is 4. The number of rotatable bonds is 5. The van der Waals surface area contributed by atoms with Crippen molar-refractivity contribution in [2.75, 3.05) is 24.4 Å². The van der Waals surface area contributed by atoms with Gasteiger partial charge in [-0.05, 0) is 42.8 Å². The summed E-state index contributed by atoms with van der Waals surface area (Å²) in [6.07, 6.45) is 0.785. The van der Waals surface area contributed by atoms with Gasteiger partial charge in [-0.1, -0.05) is 11.6 Å². The minimum atomic E-state index is -0.572. The molecular formula is C19H19ClN2O4. The number of carbonyl (C=O) groups is 2. The molecule has 0 aliphatic carbocycles. The van der Waals surface area contributed by atoms with Crippen LogP contribution in [-0.2, 0) is 9.59 Å². The summed E-state index contributed by atoms with van der Waals surface area (Å²) in [5.74, 6) is 0.754. The van der Waals surface area contributed by atoms with Crippen molar-refractivity contribution in [3.05, 3.63) is 47.5 Å². The lowest BCUT2D eigenvalue weighted by molar-refractivity contribution is -0.120. The maximum atomic E-state index is 12.8. The molecule has 0 aromatic heterocycles. The lowest BCUT2D eigenvalue weighted by Crippen LogP contribution is -2.41. The number of amides is 2. The van der Waals surface area contributed by atoms with Gasteiger partial charge in [-0.15, -0.1) is 0 Å². The molecule has 1 fully saturated rings. The fourth-order valence-electron chi connectivity index (χ4n) is 3.00. The zero-order valence-corrected chi connectivity index (χ0v) is 15.2. The molecule has 1 saturated heterocycles. The molecule has 1 N–H and O–H groups in total. The van der Waals surface area contributed by atoms with Crippen molar-refractivity contribution < 1.29 is 19.1 Å². The van der Waals surface area contributed by atoms with E-state index in [2.05, 4.69) is 5.32 Å². The summed E-state index contributed by atoms with van der Waals surface area (Å²) in [5, 5.41) is 3.42. The van der Waals surface area contributed by atoms with E-state index in [-0.39, 0.29) is 11.8 Å². The van der Waals surface area contributed by atoms with Gasteiger partial charge in [0.15, 0.2) is 11.5 Å². The van der Waals surface area contributed by atoms with Crippen LogP contribution in [-0.4, -0.2) is 32.1 Å². The van der Waals surface area contributed by atoms with Crippen LogP contribution in [0.1, 0.15) is 12.8 Å². The maximum Gasteiger partial charge on any atom is 0.247 e. The van der Waals surface area contributed by atoms with Crippen molar-refractivity contribution in [2.24, 2.45) is 0 Å². The van der Waals surface area contributed by atoms with E-state index in [9.17, 15) is 9.59 Å². The number of hydrogen-bond donors (Lipinski definition) is 1. The number of methoxy groups -OCH3 is 2. The SMILES string of the molecule is COc1ccc(NC(=O)C2CCC(=O)N2c2ccc(Cl)cc2)cc1OC. The smallest absolute Gasteiger partial charge is 0.247 e. The molecule has 1 atom stereocenters. The van der Waals surface area contributed by atoms with Crippen molar-refractivity contribution in [3.63, 3.8) is 0 Å². The average molecular weight is 375 g/mol. The van der Waals surface area contributed by atoms with Crippen molar-refractivity contribution in [3.8, 4) is 11.5 Å². The monoisotopic (exact) mass is 374 g/mol. The maximum absolute atomic E-state index is 12.8. The second-order valence-corrected chi connectivity index (χ2v) is 6.29. The molecule has 7 heteroatoms. The molecule has 0 spiro atoms. The number of carbonyl (C=O) groups excluding carboxylic acids is 2. The molecule has 26 heavy (non-hydrogen) atoms. The number of benzene rings is 2. The molecule has 1 aliphatic rings. The Morgan fingerprint density at radius 2 is 1.81 bits per heavy atom. The summed E-state index contributed by atoms with van der Waals surface area (Å²) in [7, 11) is 3.08. The molecule has 136 valence electrons. The number of halogens is 1. The second kappa shape index (κ2) is 7.66. The molecule has 1 unspecified atom stereocenters. The Labute approximate surface area is 156 Å². The topological polar surface area (TPSA) is 67.9 Å². The summed E-state index contributed by atoms with van der Waals surface area (Å²) in [6.45, 7) is 0. The van der Waals surface area contributed by atoms with Gasteiger partial charge in [-0.2, -0.15) is 0 Å². The molecule has 2 amide bonds. The fraction of sp³-hybridized carbons (Fsp3) is 0.263. The predicted octanol–water partition coefficient (Wildman–Crippen LogP) is 3.49. The largest absolute Gasteiger partial charge is 0.493 e. The number of nitrogens with one attached hydrogen (secondary N) is 1. The van der Waals surface area contributed by atoms with Gasteiger partial charge in [-0.25, -0.2) is 0 Å². The molecular weight excluding hydrogens is 356 g/mol.